The molecular formula is C22H20N2OS. The lowest BCUT2D eigenvalue weighted by atomic mass is 9.86. The van der Waals surface area contributed by atoms with Gasteiger partial charge in [0.25, 0.3) is 5.91 Å². The number of nitriles is 1. The first-order chi connectivity index (χ1) is 12.7. The van der Waals surface area contributed by atoms with Crippen LogP contribution in [0.4, 0.5) is 5.00 Å². The number of anilines is 1. The first-order valence-electron chi connectivity index (χ1n) is 9.05. The van der Waals surface area contributed by atoms with Crippen LogP contribution in [0.15, 0.2) is 42.5 Å². The Hall–Kier alpha value is -2.64. The quantitative estimate of drug-likeness (QED) is 0.666. The predicted octanol–water partition coefficient (Wildman–Crippen LogP) is 5.54. The molecule has 0 saturated heterocycles. The smallest absolute Gasteiger partial charge is 0.256 e. The van der Waals surface area contributed by atoms with Crippen LogP contribution in [-0.2, 0) is 12.8 Å². The van der Waals surface area contributed by atoms with Crippen molar-refractivity contribution in [2.75, 3.05) is 5.32 Å². The van der Waals surface area contributed by atoms with E-state index in [0.717, 1.165) is 42.0 Å². The second-order valence-electron chi connectivity index (χ2n) is 6.82. The van der Waals surface area contributed by atoms with E-state index in [1.807, 2.05) is 42.5 Å². The number of thiophene rings is 1. The van der Waals surface area contributed by atoms with E-state index in [1.165, 1.54) is 4.88 Å². The summed E-state index contributed by atoms with van der Waals surface area (Å²) in [6.07, 6.45) is 4.26. The van der Waals surface area contributed by atoms with Crippen LogP contribution in [0.5, 0.6) is 0 Å². The third-order valence-electron chi connectivity index (χ3n) is 5.32. The molecule has 3 nitrogen and oxygen atoms in total. The van der Waals surface area contributed by atoms with Crippen LogP contribution in [0, 0.1) is 17.2 Å². The van der Waals surface area contributed by atoms with Crippen molar-refractivity contribution in [2.24, 2.45) is 5.92 Å². The van der Waals surface area contributed by atoms with E-state index >= 15 is 0 Å². The molecule has 2 aromatic carbocycles. The lowest BCUT2D eigenvalue weighted by Crippen LogP contribution is -2.13. The van der Waals surface area contributed by atoms with Gasteiger partial charge in [-0.3, -0.25) is 4.79 Å². The number of carbonyl (C=O) groups excluding carboxylic acids is 1. The molecule has 0 unspecified atom stereocenters. The minimum Gasteiger partial charge on any atom is -0.312 e. The summed E-state index contributed by atoms with van der Waals surface area (Å²) in [6.45, 7) is 2.22. The Morgan fingerprint density at radius 2 is 2.08 bits per heavy atom. The third kappa shape index (κ3) is 2.89. The Morgan fingerprint density at radius 1 is 1.27 bits per heavy atom. The van der Waals surface area contributed by atoms with Gasteiger partial charge in [-0.1, -0.05) is 49.7 Å². The molecule has 0 aliphatic heterocycles. The maximum atomic E-state index is 12.9. The van der Waals surface area contributed by atoms with Gasteiger partial charge >= 0.3 is 0 Å². The number of fused-ring (bicyclic) bond motifs is 2. The van der Waals surface area contributed by atoms with Gasteiger partial charge in [0.15, 0.2) is 0 Å². The fourth-order valence-electron chi connectivity index (χ4n) is 3.80. The Bertz CT molecular complexity index is 1020. The SMILES string of the molecule is CC[C@@H]1CCc2c(sc(NC(=O)c3cccc4ccccc34)c2C#N)C1. The van der Waals surface area contributed by atoms with E-state index in [9.17, 15) is 10.1 Å². The largest absolute Gasteiger partial charge is 0.312 e. The molecule has 1 amide bonds. The zero-order valence-corrected chi connectivity index (χ0v) is 15.5. The van der Waals surface area contributed by atoms with E-state index in [1.54, 1.807) is 11.3 Å². The number of benzene rings is 2. The van der Waals surface area contributed by atoms with Crippen molar-refractivity contribution in [3.8, 4) is 6.07 Å². The first kappa shape index (κ1) is 16.8. The summed E-state index contributed by atoms with van der Waals surface area (Å²) in [7, 11) is 0. The molecule has 0 radical (unpaired) electrons. The van der Waals surface area contributed by atoms with Crippen molar-refractivity contribution in [3.63, 3.8) is 0 Å². The molecule has 4 rings (SSSR count). The molecule has 0 bridgehead atoms. The van der Waals surface area contributed by atoms with Gasteiger partial charge in [0, 0.05) is 10.4 Å². The highest BCUT2D eigenvalue weighted by atomic mass is 32.1. The molecule has 1 aliphatic rings. The van der Waals surface area contributed by atoms with Crippen LogP contribution >= 0.6 is 11.3 Å². The Balaban J connectivity index is 1.68. The number of nitrogens with zero attached hydrogens (tertiary/aromatic N) is 1. The topological polar surface area (TPSA) is 52.9 Å². The highest BCUT2D eigenvalue weighted by Crippen LogP contribution is 2.40. The van der Waals surface area contributed by atoms with E-state index in [2.05, 4.69) is 18.3 Å². The monoisotopic (exact) mass is 360 g/mol. The number of hydrogen-bond acceptors (Lipinski definition) is 3. The number of carbonyl (C=O) groups is 1. The van der Waals surface area contributed by atoms with Crippen LogP contribution in [-0.4, -0.2) is 5.91 Å². The van der Waals surface area contributed by atoms with Crippen molar-refractivity contribution in [1.82, 2.24) is 0 Å². The number of nitrogens with one attached hydrogen (secondary N) is 1. The number of amides is 1. The molecule has 0 saturated carbocycles. The van der Waals surface area contributed by atoms with Crippen molar-refractivity contribution in [2.45, 2.75) is 32.6 Å². The van der Waals surface area contributed by atoms with E-state index in [-0.39, 0.29) is 5.91 Å². The van der Waals surface area contributed by atoms with Gasteiger partial charge < -0.3 is 5.32 Å². The Labute approximate surface area is 157 Å². The first-order valence-corrected chi connectivity index (χ1v) is 9.86. The van der Waals surface area contributed by atoms with Gasteiger partial charge in [-0.25, -0.2) is 0 Å². The van der Waals surface area contributed by atoms with Crippen LogP contribution in [0.2, 0.25) is 0 Å². The minimum atomic E-state index is -0.149. The lowest BCUT2D eigenvalue weighted by Gasteiger charge is -2.20. The summed E-state index contributed by atoms with van der Waals surface area (Å²) in [5, 5.41) is 15.3. The second kappa shape index (κ2) is 6.93. The average molecular weight is 360 g/mol. The fourth-order valence-corrected chi connectivity index (χ4v) is 5.11. The Kier molecular flexibility index (Phi) is 4.48. The standard InChI is InChI=1S/C22H20N2OS/c1-2-14-10-11-17-19(13-23)22(26-20(17)12-14)24-21(25)18-9-5-7-15-6-3-4-8-16(15)18/h3-9,14H,2,10-12H2,1H3,(H,24,25)/t14-/m1/s1. The average Bonchev–Trinajstić information content (AvgIpc) is 3.03. The highest BCUT2D eigenvalue weighted by Gasteiger charge is 2.26. The van der Waals surface area contributed by atoms with Gasteiger partial charge in [0.05, 0.1) is 5.56 Å². The molecule has 1 aliphatic carbocycles. The summed E-state index contributed by atoms with van der Waals surface area (Å²) in [5.41, 5.74) is 2.45. The Morgan fingerprint density at radius 3 is 2.88 bits per heavy atom. The molecule has 1 heterocycles. The van der Waals surface area contributed by atoms with Crippen LogP contribution in [0.1, 0.15) is 46.1 Å². The van der Waals surface area contributed by atoms with Crippen molar-refractivity contribution >= 4 is 33.0 Å². The normalized spacial score (nSPS) is 16.1. The molecule has 1 atom stereocenters. The van der Waals surface area contributed by atoms with Gasteiger partial charge in [0.2, 0.25) is 0 Å². The molecule has 0 fully saturated rings. The van der Waals surface area contributed by atoms with Crippen molar-refractivity contribution in [1.29, 1.82) is 5.26 Å². The maximum Gasteiger partial charge on any atom is 0.256 e. The third-order valence-corrected chi connectivity index (χ3v) is 6.49. The van der Waals surface area contributed by atoms with E-state index in [4.69, 9.17) is 0 Å². The molecule has 3 aromatic rings. The lowest BCUT2D eigenvalue weighted by molar-refractivity contribution is 0.102. The van der Waals surface area contributed by atoms with E-state index in [0.29, 0.717) is 22.0 Å². The van der Waals surface area contributed by atoms with Crippen LogP contribution in [0.3, 0.4) is 0 Å². The van der Waals surface area contributed by atoms with Gasteiger partial charge in [-0.15, -0.1) is 11.3 Å². The molecular weight excluding hydrogens is 340 g/mol. The van der Waals surface area contributed by atoms with Crippen LogP contribution < -0.4 is 5.32 Å². The van der Waals surface area contributed by atoms with Crippen molar-refractivity contribution in [3.05, 3.63) is 64.0 Å². The zero-order chi connectivity index (χ0) is 18.1. The van der Waals surface area contributed by atoms with E-state index < -0.39 is 0 Å². The maximum absolute atomic E-state index is 12.9. The van der Waals surface area contributed by atoms with Gasteiger partial charge in [-0.05, 0) is 47.6 Å². The molecule has 4 heteroatoms. The zero-order valence-electron chi connectivity index (χ0n) is 14.7. The van der Waals surface area contributed by atoms with Gasteiger partial charge in [-0.2, -0.15) is 5.26 Å². The molecule has 26 heavy (non-hydrogen) atoms. The van der Waals surface area contributed by atoms with Crippen LogP contribution in [0.25, 0.3) is 10.8 Å². The summed E-state index contributed by atoms with van der Waals surface area (Å²) in [5.74, 6) is 0.540. The minimum absolute atomic E-state index is 0.149. The molecule has 0 spiro atoms. The fraction of sp³-hybridized carbons (Fsp3) is 0.273. The van der Waals surface area contributed by atoms with Crippen molar-refractivity contribution < 1.29 is 4.79 Å². The molecule has 1 aromatic heterocycles. The van der Waals surface area contributed by atoms with Gasteiger partial charge in [0.1, 0.15) is 11.1 Å². The summed E-state index contributed by atoms with van der Waals surface area (Å²) < 4.78 is 0. The summed E-state index contributed by atoms with van der Waals surface area (Å²) in [4.78, 5) is 14.2. The number of rotatable bonds is 3. The molecule has 130 valence electrons. The second-order valence-corrected chi connectivity index (χ2v) is 7.92. The summed E-state index contributed by atoms with van der Waals surface area (Å²) >= 11 is 1.58. The summed E-state index contributed by atoms with van der Waals surface area (Å²) in [6, 6.07) is 15.9. The predicted molar refractivity (Wildman–Crippen MR) is 107 cm³/mol. The molecule has 1 N–H and O–H groups in total. The number of hydrogen-bond donors (Lipinski definition) is 1. The highest BCUT2D eigenvalue weighted by molar-refractivity contribution is 7.16.